The van der Waals surface area contributed by atoms with Gasteiger partial charge >= 0.3 is 0 Å². The summed E-state index contributed by atoms with van der Waals surface area (Å²) in [5.74, 6) is 0.405. The van der Waals surface area contributed by atoms with Crippen LogP contribution in [-0.4, -0.2) is 23.7 Å². The van der Waals surface area contributed by atoms with Crippen molar-refractivity contribution in [1.82, 2.24) is 23.7 Å². The average Bonchev–Trinajstić information content (AvgIpc) is 3.93. The Balaban J connectivity index is 1.33. The first-order valence-electron chi connectivity index (χ1n) is 20.6. The highest BCUT2D eigenvalue weighted by atomic mass is 15.2. The van der Waals surface area contributed by atoms with Gasteiger partial charge < -0.3 is 4.57 Å². The molecule has 0 amide bonds. The molecular formula is C46H29N5. The molecule has 0 saturated carbocycles. The van der Waals surface area contributed by atoms with E-state index in [2.05, 4.69) is 28.8 Å². The lowest BCUT2D eigenvalue weighted by Gasteiger charge is -2.16. The molecular weight excluding hydrogens is 623 g/mol. The summed E-state index contributed by atoms with van der Waals surface area (Å²) in [5.41, 5.74) is 5.64. The summed E-state index contributed by atoms with van der Waals surface area (Å²) in [7, 11) is 0. The van der Waals surface area contributed by atoms with Crippen molar-refractivity contribution in [3.8, 4) is 28.7 Å². The fraction of sp³-hybridized carbons (Fsp3) is 0. The minimum absolute atomic E-state index is 0.0218. The molecule has 51 heavy (non-hydrogen) atoms. The molecule has 0 bridgehead atoms. The van der Waals surface area contributed by atoms with Gasteiger partial charge in [0.25, 0.3) is 0 Å². The minimum atomic E-state index is -0.511. The Morgan fingerprint density at radius 3 is 1.39 bits per heavy atom. The van der Waals surface area contributed by atoms with Crippen LogP contribution in [0.15, 0.2) is 176 Å². The van der Waals surface area contributed by atoms with Crippen LogP contribution in [-0.2, 0) is 0 Å². The van der Waals surface area contributed by atoms with Crippen LogP contribution >= 0.6 is 0 Å². The molecule has 0 spiro atoms. The van der Waals surface area contributed by atoms with Gasteiger partial charge in [-0.25, -0.2) is 4.98 Å². The van der Waals surface area contributed by atoms with E-state index < -0.39 is 48.3 Å². The SMILES string of the molecule is [2H]c1c([2H])c([2H])c2c(c1[2H])c1c([2H])c([2H])c([2H])c([2H])c1n2-c1cc(-c2ccccc2-n2c3ccccc3c3ccccc32)nc(-n2c3ccccc3c3ccccc32)n1. The van der Waals surface area contributed by atoms with Gasteiger partial charge in [0.2, 0.25) is 5.95 Å². The molecule has 5 nitrogen and oxygen atoms in total. The zero-order valence-electron chi connectivity index (χ0n) is 34.9. The Bertz CT molecular complexity index is 3440. The molecule has 4 aromatic heterocycles. The van der Waals surface area contributed by atoms with Crippen LogP contribution in [0.5, 0.6) is 0 Å². The van der Waals surface area contributed by atoms with Crippen LogP contribution in [0, 0.1) is 0 Å². The lowest BCUT2D eigenvalue weighted by molar-refractivity contribution is 0.951. The van der Waals surface area contributed by atoms with E-state index >= 15 is 0 Å². The Hall–Kier alpha value is -6.98. The van der Waals surface area contributed by atoms with Crippen molar-refractivity contribution in [2.24, 2.45) is 0 Å². The van der Waals surface area contributed by atoms with Gasteiger partial charge in [0.15, 0.2) is 0 Å². The van der Waals surface area contributed by atoms with Crippen LogP contribution in [0.4, 0.5) is 0 Å². The molecule has 0 aliphatic carbocycles. The summed E-state index contributed by atoms with van der Waals surface area (Å²) in [6, 6.07) is 38.3. The van der Waals surface area contributed by atoms with Crippen LogP contribution in [0.25, 0.3) is 94.1 Å². The standard InChI is InChI=1S/C46H29N5/c1-8-22-38-30(15-1)31-16-2-9-23-39(31)49(38)44-28-14-7-21-36(44)37-29-45(50-40-24-10-3-17-32(40)33-18-4-11-25-41(33)50)48-46(47-37)51-42-26-12-5-19-34(42)35-20-6-13-27-43(35)51/h1-29H/i3D,4D,10D,11D,17D,18D,24D,25D. The summed E-state index contributed by atoms with van der Waals surface area (Å²) in [6.07, 6.45) is 0. The van der Waals surface area contributed by atoms with Gasteiger partial charge in [0.1, 0.15) is 5.82 Å². The topological polar surface area (TPSA) is 40.6 Å². The second kappa shape index (κ2) is 10.8. The zero-order valence-corrected chi connectivity index (χ0v) is 26.9. The fourth-order valence-electron chi connectivity index (χ4n) is 7.63. The van der Waals surface area contributed by atoms with Crippen molar-refractivity contribution in [3.63, 3.8) is 0 Å². The average molecular weight is 660 g/mol. The van der Waals surface area contributed by atoms with E-state index in [1.165, 1.54) is 4.57 Å². The quantitative estimate of drug-likeness (QED) is 0.189. The number of hydrogen-bond acceptors (Lipinski definition) is 2. The second-order valence-electron chi connectivity index (χ2n) is 12.5. The van der Waals surface area contributed by atoms with Crippen LogP contribution in [0.1, 0.15) is 11.0 Å². The van der Waals surface area contributed by atoms with Gasteiger partial charge in [-0.1, -0.05) is 127 Å². The first-order valence-corrected chi connectivity index (χ1v) is 16.6. The molecule has 5 heteroatoms. The van der Waals surface area contributed by atoms with E-state index in [9.17, 15) is 2.74 Å². The van der Waals surface area contributed by atoms with E-state index in [4.69, 9.17) is 18.2 Å². The molecule has 238 valence electrons. The molecule has 0 atom stereocenters. The number of rotatable bonds is 4. The second-order valence-corrected chi connectivity index (χ2v) is 12.5. The highest BCUT2D eigenvalue weighted by molar-refractivity contribution is 6.11. The number of benzene rings is 7. The molecule has 0 aliphatic heterocycles. The summed E-state index contributed by atoms with van der Waals surface area (Å²) < 4.78 is 76.8. The first-order chi connectivity index (χ1) is 28.7. The van der Waals surface area contributed by atoms with Crippen LogP contribution < -0.4 is 0 Å². The monoisotopic (exact) mass is 659 g/mol. The van der Waals surface area contributed by atoms with E-state index in [1.54, 1.807) is 6.07 Å². The predicted octanol–water partition coefficient (Wildman–Crippen LogP) is 11.4. The van der Waals surface area contributed by atoms with E-state index in [0.717, 1.165) is 54.9 Å². The molecule has 0 radical (unpaired) electrons. The number of para-hydroxylation sites is 7. The first kappa shape index (κ1) is 21.2. The number of nitrogens with zero attached hydrogens (tertiary/aromatic N) is 5. The molecule has 0 unspecified atom stereocenters. The molecule has 0 saturated heterocycles. The summed E-state index contributed by atoms with van der Waals surface area (Å²) in [4.78, 5) is 10.5. The van der Waals surface area contributed by atoms with E-state index in [1.807, 2.05) is 102 Å². The summed E-state index contributed by atoms with van der Waals surface area (Å²) in [6.45, 7) is 0. The Kier molecular flexibility index (Phi) is 4.47. The van der Waals surface area contributed by atoms with Gasteiger partial charge in [0.05, 0.1) is 55.4 Å². The maximum Gasteiger partial charge on any atom is 0.237 e. The van der Waals surface area contributed by atoms with Crippen molar-refractivity contribution < 1.29 is 11.0 Å². The lowest BCUT2D eigenvalue weighted by atomic mass is 10.1. The number of fused-ring (bicyclic) bond motifs is 9. The molecule has 7 aromatic carbocycles. The van der Waals surface area contributed by atoms with Gasteiger partial charge in [-0.3, -0.25) is 9.13 Å². The highest BCUT2D eigenvalue weighted by Gasteiger charge is 2.21. The van der Waals surface area contributed by atoms with Gasteiger partial charge in [-0.15, -0.1) is 0 Å². The summed E-state index contributed by atoms with van der Waals surface area (Å²) >= 11 is 0. The van der Waals surface area contributed by atoms with E-state index in [0.29, 0.717) is 5.69 Å². The number of hydrogen-bond donors (Lipinski definition) is 0. The third kappa shape index (κ3) is 4.03. The van der Waals surface area contributed by atoms with Crippen LogP contribution in [0.3, 0.4) is 0 Å². The molecule has 0 aliphatic rings. The van der Waals surface area contributed by atoms with Crippen molar-refractivity contribution in [3.05, 3.63) is 176 Å². The minimum Gasteiger partial charge on any atom is -0.309 e. The predicted molar refractivity (Wildman–Crippen MR) is 210 cm³/mol. The molecule has 4 heterocycles. The highest BCUT2D eigenvalue weighted by Crippen LogP contribution is 2.38. The van der Waals surface area contributed by atoms with Crippen molar-refractivity contribution >= 4 is 65.4 Å². The van der Waals surface area contributed by atoms with Crippen LogP contribution in [0.2, 0.25) is 0 Å². The largest absolute Gasteiger partial charge is 0.309 e. The molecule has 0 fully saturated rings. The fourth-order valence-corrected chi connectivity index (χ4v) is 7.63. The smallest absolute Gasteiger partial charge is 0.237 e. The maximum atomic E-state index is 9.23. The normalized spacial score (nSPS) is 14.1. The maximum absolute atomic E-state index is 9.23. The van der Waals surface area contributed by atoms with Crippen molar-refractivity contribution in [2.75, 3.05) is 0 Å². The molecule has 0 N–H and O–H groups in total. The van der Waals surface area contributed by atoms with Gasteiger partial charge in [0, 0.05) is 43.9 Å². The van der Waals surface area contributed by atoms with Crippen molar-refractivity contribution in [2.45, 2.75) is 0 Å². The summed E-state index contributed by atoms with van der Waals surface area (Å²) in [5, 5.41) is 4.07. The Morgan fingerprint density at radius 2 is 0.843 bits per heavy atom. The zero-order chi connectivity index (χ0) is 40.4. The molecule has 11 aromatic rings. The Labute approximate surface area is 304 Å². The van der Waals surface area contributed by atoms with E-state index in [-0.39, 0.29) is 33.6 Å². The Morgan fingerprint density at radius 1 is 0.392 bits per heavy atom. The number of aromatic nitrogens is 5. The van der Waals surface area contributed by atoms with Crippen molar-refractivity contribution in [1.29, 1.82) is 0 Å². The third-order valence-electron chi connectivity index (χ3n) is 9.74. The lowest BCUT2D eigenvalue weighted by Crippen LogP contribution is -2.08. The van der Waals surface area contributed by atoms with Gasteiger partial charge in [-0.2, -0.15) is 4.98 Å². The molecule has 11 rings (SSSR count). The third-order valence-corrected chi connectivity index (χ3v) is 9.74. The van der Waals surface area contributed by atoms with Gasteiger partial charge in [-0.05, 0) is 42.4 Å².